The second-order valence-corrected chi connectivity index (χ2v) is 6.58. The fourth-order valence-electron chi connectivity index (χ4n) is 3.05. The minimum absolute atomic E-state index is 0. The molecule has 0 bridgehead atoms. The van der Waals surface area contributed by atoms with Gasteiger partial charge in [-0.3, -0.25) is 0 Å². The molecule has 0 saturated carbocycles. The van der Waals surface area contributed by atoms with Crippen LogP contribution in [0.4, 0.5) is 4.79 Å². The van der Waals surface area contributed by atoms with Crippen molar-refractivity contribution in [3.8, 4) is 0 Å². The van der Waals surface area contributed by atoms with Crippen molar-refractivity contribution < 1.29 is 19.1 Å². The van der Waals surface area contributed by atoms with E-state index in [1.165, 1.54) is 0 Å². The lowest BCUT2D eigenvalue weighted by Crippen LogP contribution is -2.60. The summed E-state index contributed by atoms with van der Waals surface area (Å²) in [7, 11) is 0. The molecule has 0 unspecified atom stereocenters. The van der Waals surface area contributed by atoms with Gasteiger partial charge in [0, 0.05) is 0 Å². The highest BCUT2D eigenvalue weighted by molar-refractivity contribution is 5.86. The number of carbonyl (C=O) groups is 2. The van der Waals surface area contributed by atoms with E-state index in [2.05, 4.69) is 10.6 Å². The minimum Gasteiger partial charge on any atom is -0.459 e. The maximum atomic E-state index is 12.8. The van der Waals surface area contributed by atoms with Crippen molar-refractivity contribution >= 4 is 24.5 Å². The van der Waals surface area contributed by atoms with Crippen LogP contribution in [0.5, 0.6) is 0 Å². The third-order valence-electron chi connectivity index (χ3n) is 4.61. The highest BCUT2D eigenvalue weighted by atomic mass is 35.5. The molecule has 2 aromatic rings. The number of hydrogen-bond donors (Lipinski definition) is 2. The summed E-state index contributed by atoms with van der Waals surface area (Å²) in [5.41, 5.74) is 0.730. The molecule has 0 atom stereocenters. The summed E-state index contributed by atoms with van der Waals surface area (Å²) < 4.78 is 10.8. The number of hydrogen-bond acceptors (Lipinski definition) is 5. The molecule has 1 fully saturated rings. The normalized spacial score (nSPS) is 15.0. The van der Waals surface area contributed by atoms with E-state index >= 15 is 0 Å². The van der Waals surface area contributed by atoms with E-state index in [4.69, 9.17) is 9.47 Å². The van der Waals surface area contributed by atoms with Gasteiger partial charge in [-0.05, 0) is 37.1 Å². The van der Waals surface area contributed by atoms with Gasteiger partial charge in [0.2, 0.25) is 0 Å². The van der Waals surface area contributed by atoms with Crippen LogP contribution in [0.15, 0.2) is 60.7 Å². The Morgan fingerprint density at radius 1 is 0.857 bits per heavy atom. The third-order valence-corrected chi connectivity index (χ3v) is 4.61. The van der Waals surface area contributed by atoms with Crippen LogP contribution in [-0.2, 0) is 27.5 Å². The lowest BCUT2D eigenvalue weighted by Gasteiger charge is -2.35. The van der Waals surface area contributed by atoms with E-state index in [1.807, 2.05) is 60.7 Å². The quantitative estimate of drug-likeness (QED) is 0.723. The van der Waals surface area contributed by atoms with E-state index in [0.717, 1.165) is 11.1 Å². The van der Waals surface area contributed by atoms with Gasteiger partial charge in [-0.25, -0.2) is 9.59 Å². The Morgan fingerprint density at radius 3 is 1.89 bits per heavy atom. The lowest BCUT2D eigenvalue weighted by atomic mass is 9.88. The Labute approximate surface area is 171 Å². The molecule has 1 heterocycles. The van der Waals surface area contributed by atoms with Crippen LogP contribution < -0.4 is 10.6 Å². The van der Waals surface area contributed by atoms with Gasteiger partial charge in [-0.15, -0.1) is 12.4 Å². The first-order chi connectivity index (χ1) is 13.2. The highest BCUT2D eigenvalue weighted by Crippen LogP contribution is 2.21. The molecule has 3 rings (SSSR count). The molecule has 6 nitrogen and oxygen atoms in total. The summed E-state index contributed by atoms with van der Waals surface area (Å²) in [6, 6.07) is 18.9. The van der Waals surface area contributed by atoms with E-state index in [9.17, 15) is 9.59 Å². The second kappa shape index (κ2) is 10.7. The van der Waals surface area contributed by atoms with E-state index in [0.29, 0.717) is 25.9 Å². The Hall–Kier alpha value is -2.57. The van der Waals surface area contributed by atoms with Crippen LogP contribution in [0.3, 0.4) is 0 Å². The summed E-state index contributed by atoms with van der Waals surface area (Å²) in [6.45, 7) is 1.58. The summed E-state index contributed by atoms with van der Waals surface area (Å²) in [5.74, 6) is -0.426. The maximum Gasteiger partial charge on any atom is 0.408 e. The Bertz CT molecular complexity index is 750. The van der Waals surface area contributed by atoms with Crippen molar-refractivity contribution in [1.82, 2.24) is 10.6 Å². The van der Waals surface area contributed by atoms with Crippen molar-refractivity contribution in [2.75, 3.05) is 13.1 Å². The second-order valence-electron chi connectivity index (χ2n) is 6.58. The number of alkyl carbamates (subject to hydrolysis) is 1. The van der Waals surface area contributed by atoms with Gasteiger partial charge in [0.05, 0.1) is 0 Å². The number of carbonyl (C=O) groups excluding carboxylic acids is 2. The van der Waals surface area contributed by atoms with Crippen LogP contribution >= 0.6 is 12.4 Å². The Kier molecular flexibility index (Phi) is 8.29. The van der Waals surface area contributed by atoms with Crippen molar-refractivity contribution in [1.29, 1.82) is 0 Å². The van der Waals surface area contributed by atoms with E-state index < -0.39 is 17.6 Å². The van der Waals surface area contributed by atoms with Crippen LogP contribution in [0.1, 0.15) is 24.0 Å². The van der Waals surface area contributed by atoms with Crippen LogP contribution in [0.2, 0.25) is 0 Å². The van der Waals surface area contributed by atoms with Crippen LogP contribution in [0, 0.1) is 0 Å². The molecule has 2 N–H and O–H groups in total. The molecule has 1 amide bonds. The molecule has 0 aliphatic carbocycles. The SMILES string of the molecule is Cl.O=C(NC1(C(=O)OCc2ccccc2)CCNCC1)OCc1ccccc1. The van der Waals surface area contributed by atoms with Gasteiger partial charge >= 0.3 is 12.1 Å². The first-order valence-electron chi connectivity index (χ1n) is 9.09. The zero-order valence-corrected chi connectivity index (χ0v) is 16.4. The molecule has 1 aliphatic heterocycles. The zero-order chi connectivity index (χ0) is 19.0. The fraction of sp³-hybridized carbons (Fsp3) is 0.333. The summed E-state index contributed by atoms with van der Waals surface area (Å²) in [5, 5.41) is 5.96. The van der Waals surface area contributed by atoms with Gasteiger partial charge in [0.15, 0.2) is 0 Å². The summed E-state index contributed by atoms with van der Waals surface area (Å²) >= 11 is 0. The molecule has 1 saturated heterocycles. The van der Waals surface area contributed by atoms with Gasteiger partial charge in [0.25, 0.3) is 0 Å². The topological polar surface area (TPSA) is 76.7 Å². The predicted octanol–water partition coefficient (Wildman–Crippen LogP) is 3.20. The van der Waals surface area contributed by atoms with Gasteiger partial charge in [-0.1, -0.05) is 60.7 Å². The number of halogens is 1. The molecule has 0 radical (unpaired) electrons. The first-order valence-corrected chi connectivity index (χ1v) is 9.09. The third kappa shape index (κ3) is 5.97. The molecular weight excluding hydrogens is 380 g/mol. The average molecular weight is 405 g/mol. The maximum absolute atomic E-state index is 12.8. The van der Waals surface area contributed by atoms with Crippen molar-refractivity contribution in [3.63, 3.8) is 0 Å². The smallest absolute Gasteiger partial charge is 0.408 e. The molecule has 28 heavy (non-hydrogen) atoms. The number of nitrogens with one attached hydrogen (secondary N) is 2. The van der Waals surface area contributed by atoms with E-state index in [-0.39, 0.29) is 25.6 Å². The molecule has 2 aromatic carbocycles. The van der Waals surface area contributed by atoms with Crippen molar-refractivity contribution in [3.05, 3.63) is 71.8 Å². The predicted molar refractivity (Wildman–Crippen MR) is 108 cm³/mol. The highest BCUT2D eigenvalue weighted by Gasteiger charge is 2.43. The van der Waals surface area contributed by atoms with Crippen LogP contribution in [-0.4, -0.2) is 30.7 Å². The average Bonchev–Trinajstić information content (AvgIpc) is 2.72. The number of amides is 1. The van der Waals surface area contributed by atoms with Gasteiger partial charge in [-0.2, -0.15) is 0 Å². The fourth-order valence-corrected chi connectivity index (χ4v) is 3.05. The number of rotatable bonds is 6. The Balaban J connectivity index is 0.00000280. The van der Waals surface area contributed by atoms with E-state index in [1.54, 1.807) is 0 Å². The van der Waals surface area contributed by atoms with Crippen molar-refractivity contribution in [2.24, 2.45) is 0 Å². The molecule has 150 valence electrons. The Morgan fingerprint density at radius 2 is 1.36 bits per heavy atom. The zero-order valence-electron chi connectivity index (χ0n) is 15.6. The molecule has 1 aliphatic rings. The van der Waals surface area contributed by atoms with Gasteiger partial charge < -0.3 is 20.1 Å². The summed E-state index contributed by atoms with van der Waals surface area (Å²) in [6.07, 6.45) is 0.305. The molecule has 0 aromatic heterocycles. The van der Waals surface area contributed by atoms with Gasteiger partial charge in [0.1, 0.15) is 18.8 Å². The lowest BCUT2D eigenvalue weighted by molar-refractivity contribution is -0.154. The number of benzene rings is 2. The standard InChI is InChI=1S/C21H24N2O4.ClH/c24-19(26-15-17-7-3-1-4-8-17)21(11-13-22-14-12-21)23-20(25)27-16-18-9-5-2-6-10-18;/h1-10,22H,11-16H2,(H,23,25);1H. The molecular formula is C21H25ClN2O4. The minimum atomic E-state index is -1.06. The number of ether oxygens (including phenoxy) is 2. The summed E-state index contributed by atoms with van der Waals surface area (Å²) in [4.78, 5) is 25.1. The van der Waals surface area contributed by atoms with Crippen molar-refractivity contribution in [2.45, 2.75) is 31.6 Å². The number of esters is 1. The first kappa shape index (κ1) is 21.7. The largest absolute Gasteiger partial charge is 0.459 e. The monoisotopic (exact) mass is 404 g/mol. The molecule has 7 heteroatoms. The van der Waals surface area contributed by atoms with Crippen LogP contribution in [0.25, 0.3) is 0 Å². The molecule has 0 spiro atoms. The number of piperidine rings is 1.